The quantitative estimate of drug-likeness (QED) is 0.349. The SMILES string of the molecule is CCOCCOc1ccccc1NC(=O)CNc1ccccc1OCCOc1ccccc1. The molecule has 33 heavy (non-hydrogen) atoms. The number of anilines is 2. The maximum Gasteiger partial charge on any atom is 0.243 e. The second-order valence-corrected chi connectivity index (χ2v) is 6.95. The first kappa shape index (κ1) is 23.9. The molecule has 7 heteroatoms. The third-order valence-electron chi connectivity index (χ3n) is 4.53. The van der Waals surface area contributed by atoms with Gasteiger partial charge in [0, 0.05) is 6.61 Å². The minimum atomic E-state index is -0.196. The summed E-state index contributed by atoms with van der Waals surface area (Å²) in [7, 11) is 0. The Morgan fingerprint density at radius 3 is 2.00 bits per heavy atom. The Morgan fingerprint density at radius 1 is 0.697 bits per heavy atom. The Labute approximate surface area is 194 Å². The largest absolute Gasteiger partial charge is 0.490 e. The number of hydrogen-bond donors (Lipinski definition) is 2. The van der Waals surface area contributed by atoms with Crippen LogP contribution < -0.4 is 24.8 Å². The van der Waals surface area contributed by atoms with Crippen LogP contribution in [0.3, 0.4) is 0 Å². The first-order valence-electron chi connectivity index (χ1n) is 11.0. The van der Waals surface area contributed by atoms with Crippen molar-refractivity contribution in [1.82, 2.24) is 0 Å². The summed E-state index contributed by atoms with van der Waals surface area (Å²) in [6, 6.07) is 24.4. The summed E-state index contributed by atoms with van der Waals surface area (Å²) >= 11 is 0. The number of benzene rings is 3. The molecule has 0 fully saturated rings. The zero-order chi connectivity index (χ0) is 23.1. The minimum absolute atomic E-state index is 0.0775. The number of amides is 1. The highest BCUT2D eigenvalue weighted by molar-refractivity contribution is 5.95. The van der Waals surface area contributed by atoms with Gasteiger partial charge in [0.05, 0.1) is 24.5 Å². The number of para-hydroxylation sites is 5. The molecular formula is C26H30N2O5. The van der Waals surface area contributed by atoms with E-state index in [9.17, 15) is 4.79 Å². The van der Waals surface area contributed by atoms with E-state index < -0.39 is 0 Å². The van der Waals surface area contributed by atoms with E-state index in [1.807, 2.05) is 79.7 Å². The van der Waals surface area contributed by atoms with Crippen LogP contribution in [0.25, 0.3) is 0 Å². The summed E-state index contributed by atoms with van der Waals surface area (Å²) in [5, 5.41) is 6.02. The Morgan fingerprint density at radius 2 is 1.27 bits per heavy atom. The molecule has 174 valence electrons. The van der Waals surface area contributed by atoms with Crippen LogP contribution in [0.15, 0.2) is 78.9 Å². The van der Waals surface area contributed by atoms with Gasteiger partial charge in [-0.1, -0.05) is 42.5 Å². The molecule has 1 amide bonds. The van der Waals surface area contributed by atoms with Crippen LogP contribution in [0, 0.1) is 0 Å². The van der Waals surface area contributed by atoms with Crippen molar-refractivity contribution in [2.75, 3.05) is 50.2 Å². The maximum atomic E-state index is 12.5. The van der Waals surface area contributed by atoms with E-state index >= 15 is 0 Å². The lowest BCUT2D eigenvalue weighted by molar-refractivity contribution is -0.114. The number of carbonyl (C=O) groups is 1. The van der Waals surface area contributed by atoms with E-state index in [1.165, 1.54) is 0 Å². The second kappa shape index (κ2) is 13.6. The Balaban J connectivity index is 1.46. The fourth-order valence-electron chi connectivity index (χ4n) is 2.99. The van der Waals surface area contributed by atoms with Crippen molar-refractivity contribution in [2.24, 2.45) is 0 Å². The number of ether oxygens (including phenoxy) is 4. The van der Waals surface area contributed by atoms with Crippen molar-refractivity contribution in [1.29, 1.82) is 0 Å². The molecule has 3 rings (SSSR count). The minimum Gasteiger partial charge on any atom is -0.490 e. The lowest BCUT2D eigenvalue weighted by Crippen LogP contribution is -2.22. The molecule has 0 bridgehead atoms. The topological polar surface area (TPSA) is 78.1 Å². The molecule has 2 N–H and O–H groups in total. The van der Waals surface area contributed by atoms with E-state index in [4.69, 9.17) is 18.9 Å². The predicted molar refractivity (Wildman–Crippen MR) is 129 cm³/mol. The maximum absolute atomic E-state index is 12.5. The average Bonchev–Trinajstić information content (AvgIpc) is 2.85. The van der Waals surface area contributed by atoms with Crippen LogP contribution in [-0.2, 0) is 9.53 Å². The molecule has 0 heterocycles. The number of carbonyl (C=O) groups excluding carboxylic acids is 1. The van der Waals surface area contributed by atoms with Gasteiger partial charge in [-0.25, -0.2) is 0 Å². The molecular weight excluding hydrogens is 420 g/mol. The second-order valence-electron chi connectivity index (χ2n) is 6.95. The summed E-state index contributed by atoms with van der Waals surface area (Å²) in [6.45, 7) is 4.35. The highest BCUT2D eigenvalue weighted by Crippen LogP contribution is 2.25. The van der Waals surface area contributed by atoms with Crippen molar-refractivity contribution < 1.29 is 23.7 Å². The number of nitrogens with one attached hydrogen (secondary N) is 2. The zero-order valence-corrected chi connectivity index (χ0v) is 18.8. The number of hydrogen-bond acceptors (Lipinski definition) is 6. The van der Waals surface area contributed by atoms with Crippen LogP contribution >= 0.6 is 0 Å². The highest BCUT2D eigenvalue weighted by Gasteiger charge is 2.09. The molecule has 3 aromatic carbocycles. The molecule has 0 atom stereocenters. The van der Waals surface area contributed by atoms with Gasteiger partial charge in [-0.3, -0.25) is 4.79 Å². The molecule has 0 radical (unpaired) electrons. The average molecular weight is 451 g/mol. The summed E-state index contributed by atoms with van der Waals surface area (Å²) in [6.07, 6.45) is 0. The van der Waals surface area contributed by atoms with Crippen molar-refractivity contribution in [3.8, 4) is 17.2 Å². The van der Waals surface area contributed by atoms with Gasteiger partial charge in [0.15, 0.2) is 0 Å². The van der Waals surface area contributed by atoms with Gasteiger partial charge in [0.2, 0.25) is 5.91 Å². The first-order valence-corrected chi connectivity index (χ1v) is 11.0. The molecule has 0 aliphatic rings. The number of rotatable bonds is 14. The van der Waals surface area contributed by atoms with Gasteiger partial charge in [0.25, 0.3) is 0 Å². The van der Waals surface area contributed by atoms with E-state index in [2.05, 4.69) is 10.6 Å². The van der Waals surface area contributed by atoms with Gasteiger partial charge in [-0.2, -0.15) is 0 Å². The Hall–Kier alpha value is -3.71. The van der Waals surface area contributed by atoms with Crippen molar-refractivity contribution in [3.05, 3.63) is 78.9 Å². The fraction of sp³-hybridized carbons (Fsp3) is 0.269. The lowest BCUT2D eigenvalue weighted by atomic mass is 10.2. The molecule has 0 unspecified atom stereocenters. The van der Waals surface area contributed by atoms with Crippen LogP contribution in [0.2, 0.25) is 0 Å². The zero-order valence-electron chi connectivity index (χ0n) is 18.8. The third-order valence-corrected chi connectivity index (χ3v) is 4.53. The van der Waals surface area contributed by atoms with Gasteiger partial charge in [0.1, 0.15) is 37.1 Å². The van der Waals surface area contributed by atoms with Crippen molar-refractivity contribution >= 4 is 17.3 Å². The summed E-state index contributed by atoms with van der Waals surface area (Å²) in [5.74, 6) is 1.86. The summed E-state index contributed by atoms with van der Waals surface area (Å²) < 4.78 is 22.5. The third kappa shape index (κ3) is 8.38. The Bertz CT molecular complexity index is 981. The van der Waals surface area contributed by atoms with E-state index in [-0.39, 0.29) is 12.5 Å². The van der Waals surface area contributed by atoms with Gasteiger partial charge in [-0.15, -0.1) is 0 Å². The van der Waals surface area contributed by atoms with Crippen molar-refractivity contribution in [2.45, 2.75) is 6.92 Å². The molecule has 7 nitrogen and oxygen atoms in total. The van der Waals surface area contributed by atoms with Crippen LogP contribution in [0.4, 0.5) is 11.4 Å². The smallest absolute Gasteiger partial charge is 0.243 e. The molecule has 0 saturated heterocycles. The van der Waals surface area contributed by atoms with Crippen LogP contribution in [0.1, 0.15) is 6.92 Å². The molecule has 0 saturated carbocycles. The molecule has 0 aromatic heterocycles. The summed E-state index contributed by atoms with van der Waals surface area (Å²) in [4.78, 5) is 12.5. The fourth-order valence-corrected chi connectivity index (χ4v) is 2.99. The van der Waals surface area contributed by atoms with Gasteiger partial charge in [-0.05, 0) is 43.3 Å². The van der Waals surface area contributed by atoms with Crippen LogP contribution in [0.5, 0.6) is 17.2 Å². The van der Waals surface area contributed by atoms with Crippen LogP contribution in [-0.4, -0.2) is 45.5 Å². The van der Waals surface area contributed by atoms with Crippen molar-refractivity contribution in [3.63, 3.8) is 0 Å². The standard InChI is InChI=1S/C26H30N2O5/c1-2-30-16-17-32-25-15-9-7-13-23(25)28-26(29)20-27-22-12-6-8-14-24(22)33-19-18-31-21-10-4-3-5-11-21/h3-15,27H,2,16-20H2,1H3,(H,28,29). The molecule has 0 aliphatic carbocycles. The van der Waals surface area contributed by atoms with E-state index in [1.54, 1.807) is 6.07 Å². The monoisotopic (exact) mass is 450 g/mol. The Kier molecular flexibility index (Phi) is 9.90. The summed E-state index contributed by atoms with van der Waals surface area (Å²) in [5.41, 5.74) is 1.34. The van der Waals surface area contributed by atoms with Gasteiger partial charge >= 0.3 is 0 Å². The molecule has 3 aromatic rings. The van der Waals surface area contributed by atoms with E-state index in [0.717, 1.165) is 11.4 Å². The van der Waals surface area contributed by atoms with E-state index in [0.29, 0.717) is 50.2 Å². The molecule has 0 spiro atoms. The van der Waals surface area contributed by atoms with Gasteiger partial charge < -0.3 is 29.6 Å². The molecule has 0 aliphatic heterocycles. The highest BCUT2D eigenvalue weighted by atomic mass is 16.5. The predicted octanol–water partition coefficient (Wildman–Crippen LogP) is 4.61. The lowest BCUT2D eigenvalue weighted by Gasteiger charge is -2.15. The normalized spacial score (nSPS) is 10.3. The first-order chi connectivity index (χ1) is 16.3.